The highest BCUT2D eigenvalue weighted by molar-refractivity contribution is 6.36. The van der Waals surface area contributed by atoms with Gasteiger partial charge in [0.2, 0.25) is 0 Å². The first-order valence-electron chi connectivity index (χ1n) is 6.31. The van der Waals surface area contributed by atoms with E-state index in [9.17, 15) is 0 Å². The summed E-state index contributed by atoms with van der Waals surface area (Å²) in [7, 11) is 6.70. The molecule has 2 heteroatoms. The minimum atomic E-state index is 1.17. The number of hydrogen-bond donors (Lipinski definition) is 0. The molecule has 0 saturated carbocycles. The summed E-state index contributed by atoms with van der Waals surface area (Å²) in [6, 6.07) is 0. The summed E-state index contributed by atoms with van der Waals surface area (Å²) >= 11 is 0. The fourth-order valence-electron chi connectivity index (χ4n) is 1.91. The van der Waals surface area contributed by atoms with Gasteiger partial charge in [-0.15, -0.1) is 0 Å². The lowest BCUT2D eigenvalue weighted by molar-refractivity contribution is 0.433. The molecule has 0 bridgehead atoms. The molecular formula is C13H27BN. The molecule has 0 N–H and O–H groups in total. The first kappa shape index (κ1) is 14.8. The van der Waals surface area contributed by atoms with E-state index in [1.54, 1.807) is 11.1 Å². The first-order valence-corrected chi connectivity index (χ1v) is 6.31. The molecule has 0 unspecified atom stereocenters. The van der Waals surface area contributed by atoms with Gasteiger partial charge in [0.15, 0.2) is 0 Å². The third-order valence-electron chi connectivity index (χ3n) is 2.95. The van der Waals surface area contributed by atoms with Gasteiger partial charge in [-0.3, -0.25) is 0 Å². The lowest BCUT2D eigenvalue weighted by Gasteiger charge is -2.12. The van der Waals surface area contributed by atoms with E-state index < -0.39 is 0 Å². The molecule has 0 spiro atoms. The highest BCUT2D eigenvalue weighted by atomic mass is 15.0. The van der Waals surface area contributed by atoms with E-state index in [0.717, 1.165) is 0 Å². The van der Waals surface area contributed by atoms with Gasteiger partial charge in [0, 0.05) is 0 Å². The molecule has 0 fully saturated rings. The molecule has 0 heterocycles. The van der Waals surface area contributed by atoms with Crippen LogP contribution in [0.4, 0.5) is 0 Å². The van der Waals surface area contributed by atoms with Crippen molar-refractivity contribution in [2.75, 3.05) is 20.6 Å². The molecule has 0 aromatic heterocycles. The molecule has 15 heavy (non-hydrogen) atoms. The monoisotopic (exact) mass is 208 g/mol. The van der Waals surface area contributed by atoms with E-state index in [-0.39, 0.29) is 0 Å². The largest absolute Gasteiger partial charge is 0.310 e. The van der Waals surface area contributed by atoms with Crippen LogP contribution in [0.2, 0.25) is 12.6 Å². The Labute approximate surface area is 97.2 Å². The van der Waals surface area contributed by atoms with Crippen molar-refractivity contribution in [3.8, 4) is 0 Å². The van der Waals surface area contributed by atoms with Crippen LogP contribution in [0.1, 0.15) is 40.0 Å². The molecule has 0 aliphatic carbocycles. The van der Waals surface area contributed by atoms with Gasteiger partial charge in [-0.1, -0.05) is 44.6 Å². The van der Waals surface area contributed by atoms with Crippen LogP contribution >= 0.6 is 0 Å². The quantitative estimate of drug-likeness (QED) is 0.334. The van der Waals surface area contributed by atoms with Crippen molar-refractivity contribution in [2.24, 2.45) is 0 Å². The van der Waals surface area contributed by atoms with Gasteiger partial charge in [0.05, 0.1) is 0 Å². The molecule has 0 atom stereocenters. The van der Waals surface area contributed by atoms with E-state index in [1.807, 2.05) is 0 Å². The Balaban J connectivity index is 3.94. The van der Waals surface area contributed by atoms with Crippen molar-refractivity contribution < 1.29 is 0 Å². The SMILES string of the molecule is CCC(CC)=C(CC)C[B]CCN(C)C. The van der Waals surface area contributed by atoms with Gasteiger partial charge in [-0.05, 0) is 39.9 Å². The van der Waals surface area contributed by atoms with Gasteiger partial charge >= 0.3 is 0 Å². The third-order valence-corrected chi connectivity index (χ3v) is 2.95. The second-order valence-electron chi connectivity index (χ2n) is 4.35. The van der Waals surface area contributed by atoms with E-state index in [4.69, 9.17) is 0 Å². The van der Waals surface area contributed by atoms with Gasteiger partial charge in [0.1, 0.15) is 7.28 Å². The molecule has 0 aliphatic heterocycles. The summed E-state index contributed by atoms with van der Waals surface area (Å²) in [5, 5.41) is 0. The standard InChI is InChI=1S/C13H27BN/c1-6-12(7-2)13(8-3)11-14-9-10-15(4)5/h6-11H2,1-5H3. The Morgan fingerprint density at radius 1 is 0.933 bits per heavy atom. The van der Waals surface area contributed by atoms with Crippen LogP contribution in [0.3, 0.4) is 0 Å². The highest BCUT2D eigenvalue weighted by Gasteiger charge is 2.02. The van der Waals surface area contributed by atoms with Gasteiger partial charge in [0.25, 0.3) is 0 Å². The maximum atomic E-state index is 2.43. The predicted molar refractivity (Wildman–Crippen MR) is 71.8 cm³/mol. The third kappa shape index (κ3) is 6.78. The van der Waals surface area contributed by atoms with E-state index in [0.29, 0.717) is 0 Å². The zero-order valence-electron chi connectivity index (χ0n) is 11.3. The Morgan fingerprint density at radius 2 is 1.47 bits per heavy atom. The van der Waals surface area contributed by atoms with Crippen molar-refractivity contribution in [3.05, 3.63) is 11.1 Å². The molecule has 0 saturated heterocycles. The summed E-state index contributed by atoms with van der Waals surface area (Å²) < 4.78 is 0. The minimum Gasteiger partial charge on any atom is -0.310 e. The fourth-order valence-corrected chi connectivity index (χ4v) is 1.91. The van der Waals surface area contributed by atoms with Crippen molar-refractivity contribution in [3.63, 3.8) is 0 Å². The maximum absolute atomic E-state index is 2.43. The number of hydrogen-bond acceptors (Lipinski definition) is 1. The fraction of sp³-hybridized carbons (Fsp3) is 0.846. The van der Waals surface area contributed by atoms with E-state index in [2.05, 4.69) is 47.0 Å². The van der Waals surface area contributed by atoms with Crippen molar-refractivity contribution >= 4 is 7.28 Å². The summed E-state index contributed by atoms with van der Waals surface area (Å²) in [6.45, 7) is 7.99. The number of allylic oxidation sites excluding steroid dienone is 2. The van der Waals surface area contributed by atoms with Crippen LogP contribution in [-0.2, 0) is 0 Å². The van der Waals surface area contributed by atoms with E-state index >= 15 is 0 Å². The molecule has 0 amide bonds. The summed E-state index contributed by atoms with van der Waals surface area (Å²) in [6.07, 6.45) is 6.07. The van der Waals surface area contributed by atoms with E-state index in [1.165, 1.54) is 38.4 Å². The van der Waals surface area contributed by atoms with Crippen LogP contribution in [0.5, 0.6) is 0 Å². The summed E-state index contributed by atoms with van der Waals surface area (Å²) in [5.41, 5.74) is 3.33. The Morgan fingerprint density at radius 3 is 1.87 bits per heavy atom. The zero-order valence-corrected chi connectivity index (χ0v) is 11.3. The highest BCUT2D eigenvalue weighted by Crippen LogP contribution is 2.19. The van der Waals surface area contributed by atoms with Crippen molar-refractivity contribution in [1.29, 1.82) is 0 Å². The molecule has 1 nitrogen and oxygen atoms in total. The summed E-state index contributed by atoms with van der Waals surface area (Å²) in [5.74, 6) is 0. The van der Waals surface area contributed by atoms with Gasteiger partial charge in [-0.2, -0.15) is 0 Å². The lowest BCUT2D eigenvalue weighted by atomic mass is 9.67. The molecule has 0 aromatic rings. The smallest absolute Gasteiger partial charge is 0.116 e. The van der Waals surface area contributed by atoms with Crippen molar-refractivity contribution in [2.45, 2.75) is 52.7 Å². The average molecular weight is 208 g/mol. The maximum Gasteiger partial charge on any atom is 0.116 e. The lowest BCUT2D eigenvalue weighted by Crippen LogP contribution is -2.14. The predicted octanol–water partition coefficient (Wildman–Crippen LogP) is 3.62. The molecule has 1 radical (unpaired) electrons. The van der Waals surface area contributed by atoms with Gasteiger partial charge in [-0.25, -0.2) is 0 Å². The molecule has 0 aromatic carbocycles. The Bertz CT molecular complexity index is 179. The van der Waals surface area contributed by atoms with Crippen LogP contribution in [-0.4, -0.2) is 32.8 Å². The zero-order chi connectivity index (χ0) is 11.7. The second kappa shape index (κ2) is 9.02. The topological polar surface area (TPSA) is 3.24 Å². The first-order chi connectivity index (χ1) is 7.15. The Hall–Kier alpha value is -0.235. The number of rotatable bonds is 8. The molecular weight excluding hydrogens is 181 g/mol. The average Bonchev–Trinajstić information content (AvgIpc) is 2.22. The molecule has 0 rings (SSSR count). The Kier molecular flexibility index (Phi) is 8.88. The van der Waals surface area contributed by atoms with Crippen LogP contribution < -0.4 is 0 Å². The minimum absolute atomic E-state index is 1.17. The molecule has 87 valence electrons. The second-order valence-corrected chi connectivity index (χ2v) is 4.35. The van der Waals surface area contributed by atoms with Crippen molar-refractivity contribution in [1.82, 2.24) is 4.90 Å². The number of nitrogens with zero attached hydrogens (tertiary/aromatic N) is 1. The van der Waals surface area contributed by atoms with Crippen LogP contribution in [0.15, 0.2) is 11.1 Å². The normalized spacial score (nSPS) is 10.5. The molecule has 0 aliphatic rings. The van der Waals surface area contributed by atoms with Crippen LogP contribution in [0, 0.1) is 0 Å². The summed E-state index contributed by atoms with van der Waals surface area (Å²) in [4.78, 5) is 2.24. The van der Waals surface area contributed by atoms with Gasteiger partial charge < -0.3 is 4.90 Å². The van der Waals surface area contributed by atoms with Crippen LogP contribution in [0.25, 0.3) is 0 Å².